The molecule has 0 aliphatic heterocycles. The predicted molar refractivity (Wildman–Crippen MR) is 73.3 cm³/mol. The first-order valence-electron chi connectivity index (χ1n) is 6.49. The number of hydrogen-bond donors (Lipinski definition) is 2. The molecule has 0 aliphatic carbocycles. The average Bonchev–Trinajstić information content (AvgIpc) is 2.38. The van der Waals surface area contributed by atoms with Crippen LogP contribution in [0.3, 0.4) is 0 Å². The van der Waals surface area contributed by atoms with Gasteiger partial charge in [0.05, 0.1) is 6.61 Å². The fourth-order valence-corrected chi connectivity index (χ4v) is 2.09. The standard InChI is InChI=1S/C15H20O5/c1-11(2)15(13(16)17,14(18)19)8-9-20-10-12-6-4-3-5-7-12/h3-7,11H,8-10H2,1-2H3,(H,16,17)(H,18,19). The number of benzene rings is 1. The average molecular weight is 280 g/mol. The highest BCUT2D eigenvalue weighted by atomic mass is 16.5. The van der Waals surface area contributed by atoms with Gasteiger partial charge in [-0.15, -0.1) is 0 Å². The smallest absolute Gasteiger partial charge is 0.321 e. The van der Waals surface area contributed by atoms with E-state index in [1.54, 1.807) is 13.8 Å². The Hall–Kier alpha value is -1.88. The van der Waals surface area contributed by atoms with Crippen LogP contribution in [0.2, 0.25) is 0 Å². The maximum absolute atomic E-state index is 11.3. The Morgan fingerprint density at radius 2 is 1.70 bits per heavy atom. The summed E-state index contributed by atoms with van der Waals surface area (Å²) in [6.45, 7) is 3.62. The summed E-state index contributed by atoms with van der Waals surface area (Å²) in [6, 6.07) is 9.44. The van der Waals surface area contributed by atoms with Crippen molar-refractivity contribution in [3.63, 3.8) is 0 Å². The summed E-state index contributed by atoms with van der Waals surface area (Å²) in [5.41, 5.74) is -0.829. The van der Waals surface area contributed by atoms with Gasteiger partial charge in [-0.2, -0.15) is 0 Å². The van der Waals surface area contributed by atoms with Crippen molar-refractivity contribution in [3.05, 3.63) is 35.9 Å². The zero-order valence-corrected chi connectivity index (χ0v) is 11.7. The maximum Gasteiger partial charge on any atom is 0.321 e. The highest BCUT2D eigenvalue weighted by Gasteiger charge is 2.49. The molecular formula is C15H20O5. The largest absolute Gasteiger partial charge is 0.480 e. The summed E-state index contributed by atoms with van der Waals surface area (Å²) in [5.74, 6) is -3.15. The summed E-state index contributed by atoms with van der Waals surface area (Å²) in [6.07, 6.45) is -0.0534. The van der Waals surface area contributed by atoms with Crippen molar-refractivity contribution < 1.29 is 24.5 Å². The highest BCUT2D eigenvalue weighted by Crippen LogP contribution is 2.32. The molecule has 1 aromatic rings. The molecule has 20 heavy (non-hydrogen) atoms. The summed E-state index contributed by atoms with van der Waals surface area (Å²) in [7, 11) is 0. The van der Waals surface area contributed by atoms with Crippen LogP contribution in [0.25, 0.3) is 0 Å². The van der Waals surface area contributed by atoms with Crippen LogP contribution in [0, 0.1) is 11.3 Å². The Morgan fingerprint density at radius 1 is 1.15 bits per heavy atom. The van der Waals surface area contributed by atoms with Gasteiger partial charge >= 0.3 is 11.9 Å². The third-order valence-electron chi connectivity index (χ3n) is 3.50. The summed E-state index contributed by atoms with van der Waals surface area (Å²) >= 11 is 0. The molecule has 0 saturated heterocycles. The van der Waals surface area contributed by atoms with Crippen LogP contribution in [0.15, 0.2) is 30.3 Å². The lowest BCUT2D eigenvalue weighted by Crippen LogP contribution is -2.44. The van der Waals surface area contributed by atoms with Crippen LogP contribution in [0.1, 0.15) is 25.8 Å². The van der Waals surface area contributed by atoms with Crippen LogP contribution in [0.5, 0.6) is 0 Å². The Bertz CT molecular complexity index is 439. The minimum atomic E-state index is -1.79. The van der Waals surface area contributed by atoms with Crippen LogP contribution >= 0.6 is 0 Å². The molecular weight excluding hydrogens is 260 g/mol. The van der Waals surface area contributed by atoms with E-state index in [0.29, 0.717) is 6.61 Å². The molecule has 1 rings (SSSR count). The minimum absolute atomic E-state index is 0.0534. The topological polar surface area (TPSA) is 83.8 Å². The van der Waals surface area contributed by atoms with E-state index in [4.69, 9.17) is 4.74 Å². The lowest BCUT2D eigenvalue weighted by Gasteiger charge is -2.28. The summed E-state index contributed by atoms with van der Waals surface area (Å²) < 4.78 is 5.40. The highest BCUT2D eigenvalue weighted by molar-refractivity contribution is 5.98. The normalized spacial score (nSPS) is 11.6. The molecule has 0 atom stereocenters. The number of ether oxygens (including phenoxy) is 1. The van der Waals surface area contributed by atoms with Gasteiger partial charge in [0.2, 0.25) is 0 Å². The van der Waals surface area contributed by atoms with E-state index < -0.39 is 23.3 Å². The second-order valence-corrected chi connectivity index (χ2v) is 5.02. The minimum Gasteiger partial charge on any atom is -0.480 e. The number of carbonyl (C=O) groups is 2. The quantitative estimate of drug-likeness (QED) is 0.564. The van der Waals surface area contributed by atoms with Crippen LogP contribution in [-0.4, -0.2) is 28.8 Å². The number of carboxylic acids is 2. The number of aliphatic carboxylic acids is 2. The van der Waals surface area contributed by atoms with Crippen LogP contribution < -0.4 is 0 Å². The van der Waals surface area contributed by atoms with Crippen molar-refractivity contribution in [1.82, 2.24) is 0 Å². The maximum atomic E-state index is 11.3. The van der Waals surface area contributed by atoms with Gasteiger partial charge in [-0.05, 0) is 17.9 Å². The fraction of sp³-hybridized carbons (Fsp3) is 0.467. The monoisotopic (exact) mass is 280 g/mol. The molecule has 0 saturated carbocycles. The molecule has 1 aromatic carbocycles. The molecule has 0 fully saturated rings. The van der Waals surface area contributed by atoms with Gasteiger partial charge in [0.25, 0.3) is 0 Å². The van der Waals surface area contributed by atoms with Crippen LogP contribution in [0.4, 0.5) is 0 Å². The first kappa shape index (κ1) is 16.2. The molecule has 0 spiro atoms. The van der Waals surface area contributed by atoms with Crippen molar-refractivity contribution in [2.75, 3.05) is 6.61 Å². The van der Waals surface area contributed by atoms with Gasteiger partial charge in [0.15, 0.2) is 5.41 Å². The van der Waals surface area contributed by atoms with Gasteiger partial charge in [-0.1, -0.05) is 44.2 Å². The van der Waals surface area contributed by atoms with E-state index in [1.807, 2.05) is 30.3 Å². The summed E-state index contributed by atoms with van der Waals surface area (Å²) in [4.78, 5) is 22.7. The second-order valence-electron chi connectivity index (χ2n) is 5.02. The fourth-order valence-electron chi connectivity index (χ4n) is 2.09. The van der Waals surface area contributed by atoms with E-state index in [9.17, 15) is 19.8 Å². The molecule has 0 heterocycles. The zero-order valence-electron chi connectivity index (χ0n) is 11.7. The van der Waals surface area contributed by atoms with Gasteiger partial charge in [0, 0.05) is 6.61 Å². The van der Waals surface area contributed by atoms with E-state index >= 15 is 0 Å². The van der Waals surface area contributed by atoms with Crippen molar-refractivity contribution in [2.24, 2.45) is 11.3 Å². The predicted octanol–water partition coefficient (Wildman–Crippen LogP) is 2.40. The second kappa shape index (κ2) is 7.05. The van der Waals surface area contributed by atoms with Crippen molar-refractivity contribution in [3.8, 4) is 0 Å². The molecule has 5 nitrogen and oxygen atoms in total. The SMILES string of the molecule is CC(C)C(CCOCc1ccccc1)(C(=O)O)C(=O)O. The molecule has 2 N–H and O–H groups in total. The lowest BCUT2D eigenvalue weighted by molar-refractivity contribution is -0.170. The van der Waals surface area contributed by atoms with E-state index in [0.717, 1.165) is 5.56 Å². The first-order chi connectivity index (χ1) is 9.41. The third kappa shape index (κ3) is 3.57. The number of carboxylic acid groups (broad SMARTS) is 2. The molecule has 0 unspecified atom stereocenters. The van der Waals surface area contributed by atoms with Crippen LogP contribution in [-0.2, 0) is 20.9 Å². The Balaban J connectivity index is 2.60. The van der Waals surface area contributed by atoms with E-state index in [2.05, 4.69) is 0 Å². The molecule has 0 amide bonds. The molecule has 0 radical (unpaired) electrons. The number of rotatable bonds is 8. The zero-order chi connectivity index (χ0) is 15.2. The van der Waals surface area contributed by atoms with Crippen molar-refractivity contribution >= 4 is 11.9 Å². The Labute approximate surface area is 118 Å². The van der Waals surface area contributed by atoms with Gasteiger partial charge in [-0.3, -0.25) is 9.59 Å². The first-order valence-corrected chi connectivity index (χ1v) is 6.49. The van der Waals surface area contributed by atoms with Gasteiger partial charge in [-0.25, -0.2) is 0 Å². The molecule has 0 bridgehead atoms. The lowest BCUT2D eigenvalue weighted by atomic mass is 9.74. The molecule has 0 aliphatic rings. The van der Waals surface area contributed by atoms with Gasteiger partial charge < -0.3 is 14.9 Å². The van der Waals surface area contributed by atoms with Crippen molar-refractivity contribution in [2.45, 2.75) is 26.9 Å². The Kier molecular flexibility index (Phi) is 5.70. The van der Waals surface area contributed by atoms with E-state index in [-0.39, 0.29) is 13.0 Å². The molecule has 0 aromatic heterocycles. The molecule has 5 heteroatoms. The van der Waals surface area contributed by atoms with Crippen molar-refractivity contribution in [1.29, 1.82) is 0 Å². The summed E-state index contributed by atoms with van der Waals surface area (Å²) in [5, 5.41) is 18.5. The van der Waals surface area contributed by atoms with Gasteiger partial charge in [0.1, 0.15) is 0 Å². The Morgan fingerprint density at radius 3 is 2.15 bits per heavy atom. The third-order valence-corrected chi connectivity index (χ3v) is 3.50. The molecule has 110 valence electrons. The number of hydrogen-bond acceptors (Lipinski definition) is 3. The van der Waals surface area contributed by atoms with E-state index in [1.165, 1.54) is 0 Å².